The molecule has 1 aromatic rings. The van der Waals surface area contributed by atoms with Crippen molar-refractivity contribution in [2.75, 3.05) is 53.9 Å². The molecule has 7 heteroatoms. The van der Waals surface area contributed by atoms with E-state index < -0.39 is 0 Å². The first-order valence-electron chi connectivity index (χ1n) is 10.6. The molecule has 1 saturated heterocycles. The van der Waals surface area contributed by atoms with Crippen LogP contribution in [-0.2, 0) is 11.2 Å². The average molecular weight is 416 g/mol. The van der Waals surface area contributed by atoms with Crippen LogP contribution in [0.1, 0.15) is 25.3 Å². The summed E-state index contributed by atoms with van der Waals surface area (Å²) in [6.07, 6.45) is 2.96. The number of carbonyl (C=O) groups is 1. The molecular weight excluding hydrogens is 378 g/mol. The molecule has 1 heterocycles. The molecule has 1 amide bonds. The smallest absolute Gasteiger partial charge is 0.243 e. The van der Waals surface area contributed by atoms with Crippen molar-refractivity contribution in [3.05, 3.63) is 42.0 Å². The number of piperidine rings is 1. The van der Waals surface area contributed by atoms with Crippen molar-refractivity contribution in [3.8, 4) is 5.75 Å². The summed E-state index contributed by atoms with van der Waals surface area (Å²) in [6.45, 7) is 10.0. The van der Waals surface area contributed by atoms with Crippen molar-refractivity contribution in [3.63, 3.8) is 0 Å². The molecule has 0 aromatic heterocycles. The molecule has 1 aromatic carbocycles. The van der Waals surface area contributed by atoms with Crippen LogP contribution in [0.4, 0.5) is 0 Å². The average Bonchev–Trinajstić information content (AvgIpc) is 2.73. The normalized spacial score (nSPS) is 15.5. The van der Waals surface area contributed by atoms with E-state index in [1.165, 1.54) is 11.1 Å². The fourth-order valence-electron chi connectivity index (χ4n) is 3.37. The van der Waals surface area contributed by atoms with Gasteiger partial charge in [0, 0.05) is 46.3 Å². The largest absolute Gasteiger partial charge is 0.497 e. The number of ether oxygens (including phenoxy) is 1. The highest BCUT2D eigenvalue weighted by Crippen LogP contribution is 2.12. The molecular formula is C23H37N5O2. The number of likely N-dealkylation sites (tertiary alicyclic amines) is 1. The Morgan fingerprint density at radius 1 is 1.27 bits per heavy atom. The Balaban J connectivity index is 1.89. The molecule has 7 nitrogen and oxygen atoms in total. The van der Waals surface area contributed by atoms with E-state index in [0.29, 0.717) is 12.0 Å². The number of methoxy groups -OCH3 is 1. The fraction of sp³-hybridized carbons (Fsp3) is 0.565. The second-order valence-electron chi connectivity index (χ2n) is 8.13. The van der Waals surface area contributed by atoms with Gasteiger partial charge >= 0.3 is 0 Å². The molecule has 1 aliphatic rings. The third-order valence-electron chi connectivity index (χ3n) is 5.16. The van der Waals surface area contributed by atoms with E-state index in [-0.39, 0.29) is 12.5 Å². The van der Waals surface area contributed by atoms with Gasteiger partial charge in [-0.05, 0) is 43.9 Å². The molecule has 0 radical (unpaired) electrons. The van der Waals surface area contributed by atoms with Gasteiger partial charge < -0.3 is 20.3 Å². The van der Waals surface area contributed by atoms with E-state index in [2.05, 4.69) is 46.2 Å². The monoisotopic (exact) mass is 415 g/mol. The standard InChI is InChI=1S/C23H37N5O2/c1-18(2)17-28-14-11-20(12-15-28)26-23(25-16-22(29)27(3)4)24-13-10-19-6-8-21(30-5)9-7-19/h6-9,20H,1,10-17H2,2-5H3,(H2,24,25,26). The zero-order chi connectivity index (χ0) is 21.9. The number of rotatable bonds is 9. The Hall–Kier alpha value is -2.54. The molecule has 2 rings (SSSR count). The Bertz CT molecular complexity index is 707. The second kappa shape index (κ2) is 12.2. The molecule has 0 aliphatic carbocycles. The lowest BCUT2D eigenvalue weighted by Gasteiger charge is -2.33. The highest BCUT2D eigenvalue weighted by atomic mass is 16.5. The van der Waals surface area contributed by atoms with Crippen LogP contribution in [0.2, 0.25) is 0 Å². The molecule has 0 bridgehead atoms. The van der Waals surface area contributed by atoms with Crippen LogP contribution in [0.25, 0.3) is 0 Å². The maximum absolute atomic E-state index is 12.0. The Morgan fingerprint density at radius 3 is 2.50 bits per heavy atom. The quantitative estimate of drug-likeness (QED) is 0.366. The molecule has 30 heavy (non-hydrogen) atoms. The van der Waals surface area contributed by atoms with Crippen molar-refractivity contribution in [2.24, 2.45) is 4.99 Å². The molecule has 0 spiro atoms. The topological polar surface area (TPSA) is 69.2 Å². The lowest BCUT2D eigenvalue weighted by Crippen LogP contribution is -2.49. The summed E-state index contributed by atoms with van der Waals surface area (Å²) in [5.74, 6) is 1.55. The lowest BCUT2D eigenvalue weighted by molar-refractivity contribution is -0.127. The summed E-state index contributed by atoms with van der Waals surface area (Å²) in [7, 11) is 5.17. The Labute approximate surface area is 181 Å². The Morgan fingerprint density at radius 2 is 1.93 bits per heavy atom. The van der Waals surface area contributed by atoms with Gasteiger partial charge in [0.05, 0.1) is 7.11 Å². The molecule has 0 atom stereocenters. The molecule has 0 unspecified atom stereocenters. The minimum atomic E-state index is -0.0115. The van der Waals surface area contributed by atoms with E-state index in [1.807, 2.05) is 12.1 Å². The van der Waals surface area contributed by atoms with Crippen LogP contribution in [0.15, 0.2) is 41.4 Å². The van der Waals surface area contributed by atoms with Gasteiger partial charge in [-0.25, -0.2) is 4.99 Å². The van der Waals surface area contributed by atoms with E-state index in [9.17, 15) is 4.79 Å². The number of carbonyl (C=O) groups excluding carboxylic acids is 1. The molecule has 1 aliphatic heterocycles. The third-order valence-corrected chi connectivity index (χ3v) is 5.16. The molecule has 166 valence electrons. The van der Waals surface area contributed by atoms with Gasteiger partial charge in [0.2, 0.25) is 5.91 Å². The number of hydrogen-bond donors (Lipinski definition) is 2. The summed E-state index contributed by atoms with van der Waals surface area (Å²) < 4.78 is 5.21. The summed E-state index contributed by atoms with van der Waals surface area (Å²) in [5.41, 5.74) is 2.42. The van der Waals surface area contributed by atoms with Crippen LogP contribution >= 0.6 is 0 Å². The summed E-state index contributed by atoms with van der Waals surface area (Å²) in [6, 6.07) is 8.43. The first-order chi connectivity index (χ1) is 14.4. The van der Waals surface area contributed by atoms with Gasteiger partial charge in [-0.3, -0.25) is 9.69 Å². The van der Waals surface area contributed by atoms with Crippen molar-refractivity contribution >= 4 is 11.9 Å². The highest BCUT2D eigenvalue weighted by Gasteiger charge is 2.20. The fourth-order valence-corrected chi connectivity index (χ4v) is 3.37. The van der Waals surface area contributed by atoms with Gasteiger partial charge in [0.15, 0.2) is 5.96 Å². The second-order valence-corrected chi connectivity index (χ2v) is 8.13. The number of hydrogen-bond acceptors (Lipinski definition) is 4. The summed E-state index contributed by atoms with van der Waals surface area (Å²) in [5, 5.41) is 6.92. The van der Waals surface area contributed by atoms with Crippen molar-refractivity contribution in [2.45, 2.75) is 32.2 Å². The maximum Gasteiger partial charge on any atom is 0.243 e. The highest BCUT2D eigenvalue weighted by molar-refractivity contribution is 5.84. The van der Waals surface area contributed by atoms with Crippen molar-refractivity contribution in [1.29, 1.82) is 0 Å². The van der Waals surface area contributed by atoms with E-state index >= 15 is 0 Å². The van der Waals surface area contributed by atoms with E-state index in [1.54, 1.807) is 26.1 Å². The van der Waals surface area contributed by atoms with Crippen LogP contribution in [0.3, 0.4) is 0 Å². The first kappa shape index (κ1) is 23.7. The number of nitrogens with zero attached hydrogens (tertiary/aromatic N) is 3. The minimum absolute atomic E-state index is 0.0115. The number of nitrogens with one attached hydrogen (secondary N) is 2. The van der Waals surface area contributed by atoms with Gasteiger partial charge in [-0.2, -0.15) is 0 Å². The lowest BCUT2D eigenvalue weighted by atomic mass is 10.0. The number of likely N-dealkylation sites (N-methyl/N-ethyl adjacent to an activating group) is 1. The summed E-state index contributed by atoms with van der Waals surface area (Å²) in [4.78, 5) is 20.5. The maximum atomic E-state index is 12.0. The summed E-state index contributed by atoms with van der Waals surface area (Å²) >= 11 is 0. The SMILES string of the molecule is C=C(C)CN1CCC(NC(=NCC(=O)N(C)C)NCCc2ccc(OC)cc2)CC1. The molecule has 2 N–H and O–H groups in total. The number of amides is 1. The van der Waals surface area contributed by atoms with Crippen LogP contribution in [0, 0.1) is 0 Å². The third kappa shape index (κ3) is 8.45. The zero-order valence-electron chi connectivity index (χ0n) is 18.9. The van der Waals surface area contributed by atoms with Gasteiger partial charge in [0.1, 0.15) is 12.3 Å². The number of guanidine groups is 1. The van der Waals surface area contributed by atoms with Gasteiger partial charge in [-0.15, -0.1) is 0 Å². The van der Waals surface area contributed by atoms with Gasteiger partial charge in [0.25, 0.3) is 0 Å². The minimum Gasteiger partial charge on any atom is -0.497 e. The zero-order valence-corrected chi connectivity index (χ0v) is 18.9. The van der Waals surface area contributed by atoms with Crippen molar-refractivity contribution < 1.29 is 9.53 Å². The van der Waals surface area contributed by atoms with E-state index in [0.717, 1.165) is 51.2 Å². The van der Waals surface area contributed by atoms with Crippen molar-refractivity contribution in [1.82, 2.24) is 20.4 Å². The van der Waals surface area contributed by atoms with E-state index in [4.69, 9.17) is 4.74 Å². The van der Waals surface area contributed by atoms with Crippen LogP contribution in [-0.4, -0.2) is 81.6 Å². The van der Waals surface area contributed by atoms with Crippen LogP contribution in [0.5, 0.6) is 5.75 Å². The first-order valence-corrected chi connectivity index (χ1v) is 10.6. The molecule has 1 fully saturated rings. The Kier molecular flexibility index (Phi) is 9.67. The number of aliphatic imine (C=N–C) groups is 1. The van der Waals surface area contributed by atoms with Gasteiger partial charge in [-0.1, -0.05) is 24.3 Å². The number of benzene rings is 1. The predicted molar refractivity (Wildman–Crippen MR) is 123 cm³/mol. The van der Waals surface area contributed by atoms with Crippen LogP contribution < -0.4 is 15.4 Å². The predicted octanol–water partition coefficient (Wildman–Crippen LogP) is 1.90. The molecule has 0 saturated carbocycles.